The van der Waals surface area contributed by atoms with Crippen molar-refractivity contribution in [3.05, 3.63) is 47.2 Å². The molecule has 2 aromatic rings. The molecule has 1 fully saturated rings. The van der Waals surface area contributed by atoms with Gasteiger partial charge in [0.15, 0.2) is 5.76 Å². The number of benzene rings is 1. The lowest BCUT2D eigenvalue weighted by Gasteiger charge is -2.25. The number of hydrogen-bond acceptors (Lipinski definition) is 3. The molecule has 3 nitrogen and oxygen atoms in total. The maximum atomic E-state index is 12.3. The van der Waals surface area contributed by atoms with Gasteiger partial charge in [0.2, 0.25) is 5.78 Å². The van der Waals surface area contributed by atoms with Gasteiger partial charge in [-0.2, -0.15) is 0 Å². The van der Waals surface area contributed by atoms with Crippen molar-refractivity contribution < 1.29 is 9.21 Å². The van der Waals surface area contributed by atoms with E-state index in [0.717, 1.165) is 18.7 Å². The molecular formula is C17H18ClNO2. The number of hydrogen-bond donors (Lipinski definition) is 0. The quantitative estimate of drug-likeness (QED) is 0.791. The van der Waals surface area contributed by atoms with Gasteiger partial charge in [0, 0.05) is 10.6 Å². The van der Waals surface area contributed by atoms with Crippen molar-refractivity contribution in [2.75, 3.05) is 19.6 Å². The lowest BCUT2D eigenvalue weighted by Crippen LogP contribution is -2.34. The normalized spacial score (nSPS) is 16.0. The highest BCUT2D eigenvalue weighted by molar-refractivity contribution is 6.30. The van der Waals surface area contributed by atoms with Gasteiger partial charge in [-0.25, -0.2) is 0 Å². The molecule has 0 spiro atoms. The van der Waals surface area contributed by atoms with Crippen LogP contribution in [0.2, 0.25) is 5.02 Å². The fourth-order valence-electron chi connectivity index (χ4n) is 2.66. The summed E-state index contributed by atoms with van der Waals surface area (Å²) >= 11 is 5.87. The molecular weight excluding hydrogens is 286 g/mol. The molecule has 0 radical (unpaired) electrons. The van der Waals surface area contributed by atoms with E-state index >= 15 is 0 Å². The fourth-order valence-corrected chi connectivity index (χ4v) is 2.78. The van der Waals surface area contributed by atoms with Crippen LogP contribution in [-0.4, -0.2) is 30.3 Å². The van der Waals surface area contributed by atoms with Crippen molar-refractivity contribution in [2.45, 2.75) is 19.3 Å². The summed E-state index contributed by atoms with van der Waals surface area (Å²) in [5.41, 5.74) is 0.927. The van der Waals surface area contributed by atoms with Crippen LogP contribution >= 0.6 is 11.6 Å². The SMILES string of the molecule is O=C(CN1CCCCC1)c1ccc(-c2ccc(Cl)cc2)o1. The summed E-state index contributed by atoms with van der Waals surface area (Å²) in [5, 5.41) is 0.687. The molecule has 0 amide bonds. The Morgan fingerprint density at radius 2 is 1.76 bits per heavy atom. The first kappa shape index (κ1) is 14.4. The molecule has 0 atom stereocenters. The van der Waals surface area contributed by atoms with Crippen LogP contribution in [0.5, 0.6) is 0 Å². The standard InChI is InChI=1S/C17H18ClNO2/c18-14-6-4-13(5-7-14)16-8-9-17(21-16)15(20)12-19-10-2-1-3-11-19/h4-9H,1-3,10-12H2. The Bertz CT molecular complexity index is 612. The summed E-state index contributed by atoms with van der Waals surface area (Å²) in [7, 11) is 0. The lowest BCUT2D eigenvalue weighted by atomic mass is 10.1. The van der Waals surface area contributed by atoms with Gasteiger partial charge in [-0.3, -0.25) is 9.69 Å². The van der Waals surface area contributed by atoms with Gasteiger partial charge in [-0.1, -0.05) is 18.0 Å². The third-order valence-corrected chi connectivity index (χ3v) is 4.08. The van der Waals surface area contributed by atoms with Gasteiger partial charge in [0.05, 0.1) is 6.54 Å². The first-order chi connectivity index (χ1) is 10.2. The van der Waals surface area contributed by atoms with Crippen molar-refractivity contribution in [2.24, 2.45) is 0 Å². The monoisotopic (exact) mass is 303 g/mol. The molecule has 0 N–H and O–H groups in total. The molecule has 1 aromatic carbocycles. The number of nitrogens with zero attached hydrogens (tertiary/aromatic N) is 1. The molecule has 3 rings (SSSR count). The van der Waals surface area contributed by atoms with E-state index in [1.54, 1.807) is 6.07 Å². The highest BCUT2D eigenvalue weighted by Gasteiger charge is 2.18. The minimum atomic E-state index is 0.0529. The van der Waals surface area contributed by atoms with Crippen LogP contribution in [0.4, 0.5) is 0 Å². The van der Waals surface area contributed by atoms with Gasteiger partial charge >= 0.3 is 0 Å². The number of piperidine rings is 1. The number of furan rings is 1. The van der Waals surface area contributed by atoms with Gasteiger partial charge in [-0.15, -0.1) is 0 Å². The predicted octanol–water partition coefficient (Wildman–Crippen LogP) is 4.27. The molecule has 0 unspecified atom stereocenters. The predicted molar refractivity (Wildman–Crippen MR) is 83.8 cm³/mol. The van der Waals surface area contributed by atoms with Crippen LogP contribution in [0.3, 0.4) is 0 Å². The number of halogens is 1. The average molecular weight is 304 g/mol. The van der Waals surface area contributed by atoms with Gasteiger partial charge in [0.1, 0.15) is 5.76 Å². The molecule has 110 valence electrons. The second-order valence-corrected chi connectivity index (χ2v) is 5.87. The van der Waals surface area contributed by atoms with Crippen LogP contribution in [0, 0.1) is 0 Å². The maximum absolute atomic E-state index is 12.3. The molecule has 0 saturated carbocycles. The zero-order valence-corrected chi connectivity index (χ0v) is 12.6. The van der Waals surface area contributed by atoms with Crippen LogP contribution < -0.4 is 0 Å². The highest BCUT2D eigenvalue weighted by Crippen LogP contribution is 2.24. The lowest BCUT2D eigenvalue weighted by molar-refractivity contribution is 0.0889. The Morgan fingerprint density at radius 1 is 1.05 bits per heavy atom. The van der Waals surface area contributed by atoms with E-state index < -0.39 is 0 Å². The Kier molecular flexibility index (Phi) is 4.42. The number of rotatable bonds is 4. The highest BCUT2D eigenvalue weighted by atomic mass is 35.5. The average Bonchev–Trinajstić information content (AvgIpc) is 2.99. The summed E-state index contributed by atoms with van der Waals surface area (Å²) in [6, 6.07) is 11.0. The van der Waals surface area contributed by atoms with Gasteiger partial charge < -0.3 is 4.42 Å². The molecule has 21 heavy (non-hydrogen) atoms. The van der Waals surface area contributed by atoms with Gasteiger partial charge in [0.25, 0.3) is 0 Å². The Hall–Kier alpha value is -1.58. The summed E-state index contributed by atoms with van der Waals surface area (Å²) in [4.78, 5) is 14.5. The first-order valence-corrected chi connectivity index (χ1v) is 7.71. The largest absolute Gasteiger partial charge is 0.453 e. The number of ketones is 1. The Balaban J connectivity index is 1.69. The number of likely N-dealkylation sites (tertiary alicyclic amines) is 1. The minimum Gasteiger partial charge on any atom is -0.453 e. The van der Waals surface area contributed by atoms with Crippen LogP contribution in [0.15, 0.2) is 40.8 Å². The molecule has 1 aliphatic rings. The third kappa shape index (κ3) is 3.55. The van der Waals surface area contributed by atoms with Crippen molar-refractivity contribution in [1.82, 2.24) is 4.90 Å². The zero-order valence-electron chi connectivity index (χ0n) is 11.8. The van der Waals surface area contributed by atoms with E-state index in [9.17, 15) is 4.79 Å². The fraction of sp³-hybridized carbons (Fsp3) is 0.353. The molecule has 1 aromatic heterocycles. The summed E-state index contributed by atoms with van der Waals surface area (Å²) < 4.78 is 5.69. The zero-order chi connectivity index (χ0) is 14.7. The summed E-state index contributed by atoms with van der Waals surface area (Å²) in [6.07, 6.45) is 3.63. The number of Topliss-reactive ketones (excluding diaryl/α,β-unsaturated/α-hetero) is 1. The van der Waals surface area contributed by atoms with E-state index in [-0.39, 0.29) is 5.78 Å². The van der Waals surface area contributed by atoms with E-state index in [4.69, 9.17) is 16.0 Å². The molecule has 1 saturated heterocycles. The summed E-state index contributed by atoms with van der Waals surface area (Å²) in [6.45, 7) is 2.47. The topological polar surface area (TPSA) is 33.5 Å². The second-order valence-electron chi connectivity index (χ2n) is 5.43. The Morgan fingerprint density at radius 3 is 2.48 bits per heavy atom. The molecule has 0 aliphatic carbocycles. The summed E-state index contributed by atoms with van der Waals surface area (Å²) in [5.74, 6) is 1.19. The third-order valence-electron chi connectivity index (χ3n) is 3.83. The van der Waals surface area contributed by atoms with E-state index in [1.807, 2.05) is 30.3 Å². The molecule has 1 aliphatic heterocycles. The maximum Gasteiger partial charge on any atom is 0.211 e. The van der Waals surface area contributed by atoms with E-state index in [2.05, 4.69) is 4.90 Å². The van der Waals surface area contributed by atoms with Crippen molar-refractivity contribution in [3.8, 4) is 11.3 Å². The van der Waals surface area contributed by atoms with Crippen molar-refractivity contribution >= 4 is 17.4 Å². The molecule has 2 heterocycles. The van der Waals surface area contributed by atoms with Gasteiger partial charge in [-0.05, 0) is 62.3 Å². The molecule has 4 heteroatoms. The number of carbonyl (C=O) groups excluding carboxylic acids is 1. The van der Waals surface area contributed by atoms with Crippen molar-refractivity contribution in [3.63, 3.8) is 0 Å². The first-order valence-electron chi connectivity index (χ1n) is 7.34. The van der Waals surface area contributed by atoms with E-state index in [0.29, 0.717) is 23.1 Å². The smallest absolute Gasteiger partial charge is 0.211 e. The van der Waals surface area contributed by atoms with Crippen LogP contribution in [0.25, 0.3) is 11.3 Å². The van der Waals surface area contributed by atoms with Crippen LogP contribution in [-0.2, 0) is 0 Å². The molecule has 0 bridgehead atoms. The van der Waals surface area contributed by atoms with Crippen molar-refractivity contribution in [1.29, 1.82) is 0 Å². The Labute approximate surface area is 129 Å². The minimum absolute atomic E-state index is 0.0529. The number of carbonyl (C=O) groups is 1. The van der Waals surface area contributed by atoms with E-state index in [1.165, 1.54) is 19.3 Å². The van der Waals surface area contributed by atoms with Crippen LogP contribution in [0.1, 0.15) is 29.8 Å². The second kappa shape index (κ2) is 6.46.